The Balaban J connectivity index is 1.87. The molecule has 21 heavy (non-hydrogen) atoms. The maximum absolute atomic E-state index is 13.4. The van der Waals surface area contributed by atoms with Gasteiger partial charge in [0, 0.05) is 13.0 Å². The molecule has 108 valence electrons. The zero-order chi connectivity index (χ0) is 14.8. The van der Waals surface area contributed by atoms with E-state index in [-0.39, 0.29) is 17.2 Å². The van der Waals surface area contributed by atoms with Crippen LogP contribution in [0.1, 0.15) is 15.9 Å². The number of rotatable bonds is 3. The standard InChI is InChI=1S/C16H13ClFNO2/c17-12-5-4-10(8-13(12)18)9-15(20)11-2-1-3-14-16(11)21-7-6-19-14/h1-5,8,19H,6-7,9H2. The quantitative estimate of drug-likeness (QED) is 0.879. The van der Waals surface area contributed by atoms with Gasteiger partial charge in [-0.2, -0.15) is 0 Å². The van der Waals surface area contributed by atoms with Crippen molar-refractivity contribution in [3.63, 3.8) is 0 Å². The lowest BCUT2D eigenvalue weighted by atomic mass is 10.0. The molecule has 5 heteroatoms. The lowest BCUT2D eigenvalue weighted by molar-refractivity contribution is 0.0989. The molecule has 0 fully saturated rings. The molecular weight excluding hydrogens is 293 g/mol. The van der Waals surface area contributed by atoms with Crippen molar-refractivity contribution in [3.8, 4) is 5.75 Å². The summed E-state index contributed by atoms with van der Waals surface area (Å²) in [6.45, 7) is 1.24. The van der Waals surface area contributed by atoms with Gasteiger partial charge in [0.2, 0.25) is 0 Å². The number of hydrogen-bond donors (Lipinski definition) is 1. The van der Waals surface area contributed by atoms with Crippen LogP contribution >= 0.6 is 11.6 Å². The lowest BCUT2D eigenvalue weighted by Crippen LogP contribution is -2.20. The first-order chi connectivity index (χ1) is 10.1. The Morgan fingerprint density at radius 3 is 3.00 bits per heavy atom. The Morgan fingerprint density at radius 2 is 2.19 bits per heavy atom. The van der Waals surface area contributed by atoms with Crippen molar-refractivity contribution >= 4 is 23.1 Å². The van der Waals surface area contributed by atoms with Crippen LogP contribution in [0, 0.1) is 5.82 Å². The Hall–Kier alpha value is -2.07. The van der Waals surface area contributed by atoms with E-state index in [0.717, 1.165) is 5.69 Å². The molecule has 0 amide bonds. The highest BCUT2D eigenvalue weighted by Gasteiger charge is 2.19. The van der Waals surface area contributed by atoms with Crippen molar-refractivity contribution in [1.82, 2.24) is 0 Å². The molecule has 1 aliphatic heterocycles. The molecule has 3 nitrogen and oxygen atoms in total. The molecule has 2 aromatic carbocycles. The fraction of sp³-hybridized carbons (Fsp3) is 0.188. The molecule has 1 aliphatic rings. The van der Waals surface area contributed by atoms with Gasteiger partial charge in [-0.05, 0) is 29.8 Å². The van der Waals surface area contributed by atoms with E-state index in [1.54, 1.807) is 18.2 Å². The molecule has 0 bridgehead atoms. The fourth-order valence-electron chi connectivity index (χ4n) is 2.32. The molecular formula is C16H13ClFNO2. The van der Waals surface area contributed by atoms with Gasteiger partial charge in [0.05, 0.1) is 16.3 Å². The number of carbonyl (C=O) groups excluding carboxylic acids is 1. The third kappa shape index (κ3) is 2.85. The van der Waals surface area contributed by atoms with E-state index in [2.05, 4.69) is 5.32 Å². The summed E-state index contributed by atoms with van der Waals surface area (Å²) in [5.41, 5.74) is 1.91. The number of ketones is 1. The van der Waals surface area contributed by atoms with Gasteiger partial charge in [0.15, 0.2) is 11.5 Å². The highest BCUT2D eigenvalue weighted by Crippen LogP contribution is 2.32. The van der Waals surface area contributed by atoms with Gasteiger partial charge in [-0.15, -0.1) is 0 Å². The SMILES string of the molecule is O=C(Cc1ccc(Cl)c(F)c1)c1cccc2c1OCCN2. The number of anilines is 1. The number of ether oxygens (including phenoxy) is 1. The minimum Gasteiger partial charge on any atom is -0.489 e. The van der Waals surface area contributed by atoms with E-state index in [9.17, 15) is 9.18 Å². The molecule has 0 radical (unpaired) electrons. The van der Waals surface area contributed by atoms with Crippen LogP contribution in [0.5, 0.6) is 5.75 Å². The molecule has 0 aliphatic carbocycles. The molecule has 1 N–H and O–H groups in total. The molecule has 0 saturated heterocycles. The average Bonchev–Trinajstić information content (AvgIpc) is 2.50. The van der Waals surface area contributed by atoms with E-state index >= 15 is 0 Å². The Labute approximate surface area is 126 Å². The Bertz CT molecular complexity index is 703. The van der Waals surface area contributed by atoms with Crippen molar-refractivity contribution in [2.45, 2.75) is 6.42 Å². The smallest absolute Gasteiger partial charge is 0.171 e. The van der Waals surface area contributed by atoms with Crippen LogP contribution in [-0.4, -0.2) is 18.9 Å². The molecule has 0 unspecified atom stereocenters. The minimum atomic E-state index is -0.519. The molecule has 2 aromatic rings. The molecule has 0 saturated carbocycles. The van der Waals surface area contributed by atoms with Crippen LogP contribution in [-0.2, 0) is 6.42 Å². The second kappa shape index (κ2) is 5.74. The number of hydrogen-bond acceptors (Lipinski definition) is 3. The second-order valence-corrected chi connectivity index (χ2v) is 5.21. The van der Waals surface area contributed by atoms with E-state index < -0.39 is 5.82 Å². The van der Waals surface area contributed by atoms with Gasteiger partial charge in [0.1, 0.15) is 12.4 Å². The number of para-hydroxylation sites is 1. The maximum Gasteiger partial charge on any atom is 0.171 e. The monoisotopic (exact) mass is 305 g/mol. The van der Waals surface area contributed by atoms with Crippen molar-refractivity contribution in [2.24, 2.45) is 0 Å². The van der Waals surface area contributed by atoms with E-state index in [0.29, 0.717) is 30.0 Å². The van der Waals surface area contributed by atoms with Crippen LogP contribution in [0.15, 0.2) is 36.4 Å². The number of Topliss-reactive ketones (excluding diaryl/α,β-unsaturated/α-hetero) is 1. The van der Waals surface area contributed by atoms with Gasteiger partial charge >= 0.3 is 0 Å². The van der Waals surface area contributed by atoms with Gasteiger partial charge in [0.25, 0.3) is 0 Å². The molecule has 0 spiro atoms. The lowest BCUT2D eigenvalue weighted by Gasteiger charge is -2.21. The summed E-state index contributed by atoms with van der Waals surface area (Å²) in [5.74, 6) is -0.0598. The summed E-state index contributed by atoms with van der Waals surface area (Å²) in [4.78, 5) is 12.4. The summed E-state index contributed by atoms with van der Waals surface area (Å²) in [7, 11) is 0. The van der Waals surface area contributed by atoms with Crippen molar-refractivity contribution < 1.29 is 13.9 Å². The van der Waals surface area contributed by atoms with E-state index in [4.69, 9.17) is 16.3 Å². The first-order valence-electron chi connectivity index (χ1n) is 6.62. The summed E-state index contributed by atoms with van der Waals surface area (Å²) in [6, 6.07) is 9.79. The zero-order valence-corrected chi connectivity index (χ0v) is 11.9. The number of carbonyl (C=O) groups is 1. The summed E-state index contributed by atoms with van der Waals surface area (Å²) in [5, 5.41) is 3.24. The highest BCUT2D eigenvalue weighted by atomic mass is 35.5. The highest BCUT2D eigenvalue weighted by molar-refractivity contribution is 6.30. The van der Waals surface area contributed by atoms with Crippen molar-refractivity contribution in [3.05, 3.63) is 58.4 Å². The van der Waals surface area contributed by atoms with Gasteiger partial charge in [-0.25, -0.2) is 4.39 Å². The predicted molar refractivity (Wildman–Crippen MR) is 79.9 cm³/mol. The number of halogens is 2. The van der Waals surface area contributed by atoms with Crippen LogP contribution in [0.25, 0.3) is 0 Å². The first-order valence-corrected chi connectivity index (χ1v) is 7.00. The van der Waals surface area contributed by atoms with E-state index in [1.165, 1.54) is 12.1 Å². The third-order valence-electron chi connectivity index (χ3n) is 3.33. The predicted octanol–water partition coefficient (Wildman–Crippen LogP) is 3.71. The topological polar surface area (TPSA) is 38.3 Å². The molecule has 0 aromatic heterocycles. The Morgan fingerprint density at radius 1 is 1.33 bits per heavy atom. The Kier molecular flexibility index (Phi) is 3.80. The van der Waals surface area contributed by atoms with Gasteiger partial charge in [-0.1, -0.05) is 23.7 Å². The summed E-state index contributed by atoms with van der Waals surface area (Å²) < 4.78 is 19.0. The van der Waals surface area contributed by atoms with Crippen LogP contribution in [0.3, 0.4) is 0 Å². The molecule has 1 heterocycles. The first kappa shape index (κ1) is 13.9. The van der Waals surface area contributed by atoms with Crippen LogP contribution in [0.4, 0.5) is 10.1 Å². The normalized spacial score (nSPS) is 13.0. The van der Waals surface area contributed by atoms with Gasteiger partial charge in [-0.3, -0.25) is 4.79 Å². The van der Waals surface area contributed by atoms with E-state index in [1.807, 2.05) is 6.07 Å². The second-order valence-electron chi connectivity index (χ2n) is 4.81. The van der Waals surface area contributed by atoms with Gasteiger partial charge < -0.3 is 10.1 Å². The number of fused-ring (bicyclic) bond motifs is 1. The third-order valence-corrected chi connectivity index (χ3v) is 3.63. The molecule has 0 atom stereocenters. The van der Waals surface area contributed by atoms with Crippen LogP contribution in [0.2, 0.25) is 5.02 Å². The largest absolute Gasteiger partial charge is 0.489 e. The van der Waals surface area contributed by atoms with Crippen molar-refractivity contribution in [2.75, 3.05) is 18.5 Å². The minimum absolute atomic E-state index is 0.0517. The number of benzene rings is 2. The van der Waals surface area contributed by atoms with Crippen LogP contribution < -0.4 is 10.1 Å². The maximum atomic E-state index is 13.4. The van der Waals surface area contributed by atoms with Crippen molar-refractivity contribution in [1.29, 1.82) is 0 Å². The summed E-state index contributed by atoms with van der Waals surface area (Å²) >= 11 is 5.64. The molecule has 3 rings (SSSR count). The number of nitrogens with one attached hydrogen (secondary N) is 1. The fourth-order valence-corrected chi connectivity index (χ4v) is 2.44. The summed E-state index contributed by atoms with van der Waals surface area (Å²) in [6.07, 6.45) is 0.105. The average molecular weight is 306 g/mol. The zero-order valence-electron chi connectivity index (χ0n) is 11.2.